The van der Waals surface area contributed by atoms with Crippen LogP contribution in [-0.4, -0.2) is 60.8 Å². The van der Waals surface area contributed by atoms with Crippen molar-refractivity contribution in [2.24, 2.45) is 0 Å². The first-order chi connectivity index (χ1) is 11.2. The molecular formula is C14H21N7O2. The van der Waals surface area contributed by atoms with E-state index in [1.807, 2.05) is 4.68 Å². The van der Waals surface area contributed by atoms with Gasteiger partial charge in [0.15, 0.2) is 5.69 Å². The summed E-state index contributed by atoms with van der Waals surface area (Å²) < 4.78 is 8.35. The second kappa shape index (κ2) is 6.86. The van der Waals surface area contributed by atoms with Crippen molar-refractivity contribution in [1.29, 1.82) is 0 Å². The highest BCUT2D eigenvalue weighted by molar-refractivity contribution is 5.86. The maximum Gasteiger partial charge on any atom is 0.360 e. The Morgan fingerprint density at radius 1 is 1.48 bits per heavy atom. The van der Waals surface area contributed by atoms with Crippen LogP contribution in [0.15, 0.2) is 12.5 Å². The van der Waals surface area contributed by atoms with Gasteiger partial charge in [0, 0.05) is 13.1 Å². The lowest BCUT2D eigenvalue weighted by molar-refractivity contribution is 0.0594. The van der Waals surface area contributed by atoms with Crippen LogP contribution < -0.4 is 0 Å². The fraction of sp³-hybridized carbons (Fsp3) is 0.643. The summed E-state index contributed by atoms with van der Waals surface area (Å²) in [6.07, 6.45) is 5.34. The number of rotatable bonds is 5. The van der Waals surface area contributed by atoms with Crippen molar-refractivity contribution in [3.63, 3.8) is 0 Å². The van der Waals surface area contributed by atoms with Gasteiger partial charge in [0.05, 0.1) is 25.9 Å². The molecule has 9 nitrogen and oxygen atoms in total. The van der Waals surface area contributed by atoms with Crippen molar-refractivity contribution in [2.45, 2.75) is 38.9 Å². The molecule has 1 aliphatic rings. The summed E-state index contributed by atoms with van der Waals surface area (Å²) in [5.74, 6) is 0.516. The predicted octanol–water partition coefficient (Wildman–Crippen LogP) is 0.513. The Balaban J connectivity index is 1.66. The van der Waals surface area contributed by atoms with E-state index in [0.29, 0.717) is 0 Å². The molecule has 0 radical (unpaired) electrons. The summed E-state index contributed by atoms with van der Waals surface area (Å²) in [6.45, 7) is 5.51. The smallest absolute Gasteiger partial charge is 0.360 e. The highest BCUT2D eigenvalue weighted by Gasteiger charge is 2.24. The second-order valence-corrected chi connectivity index (χ2v) is 5.60. The average Bonchev–Trinajstić information content (AvgIpc) is 3.23. The zero-order valence-corrected chi connectivity index (χ0v) is 13.4. The van der Waals surface area contributed by atoms with Crippen LogP contribution in [0.2, 0.25) is 0 Å². The van der Waals surface area contributed by atoms with Gasteiger partial charge in [0.2, 0.25) is 0 Å². The average molecular weight is 319 g/mol. The number of ether oxygens (including phenoxy) is 1. The number of carbonyl (C=O) groups is 1. The Morgan fingerprint density at radius 2 is 2.35 bits per heavy atom. The molecule has 1 fully saturated rings. The lowest BCUT2D eigenvalue weighted by atomic mass is 10.1. The molecule has 9 heteroatoms. The van der Waals surface area contributed by atoms with E-state index < -0.39 is 5.97 Å². The van der Waals surface area contributed by atoms with E-state index in [2.05, 4.69) is 37.0 Å². The van der Waals surface area contributed by atoms with Crippen LogP contribution in [-0.2, 0) is 17.8 Å². The lowest BCUT2D eigenvalue weighted by Gasteiger charge is -2.32. The summed E-state index contributed by atoms with van der Waals surface area (Å²) >= 11 is 0. The van der Waals surface area contributed by atoms with E-state index in [9.17, 15) is 4.79 Å². The van der Waals surface area contributed by atoms with Crippen LogP contribution >= 0.6 is 0 Å². The molecule has 0 aliphatic carbocycles. The lowest BCUT2D eigenvalue weighted by Crippen LogP contribution is -2.37. The van der Waals surface area contributed by atoms with Crippen molar-refractivity contribution in [3.05, 3.63) is 24.0 Å². The van der Waals surface area contributed by atoms with Gasteiger partial charge in [-0.05, 0) is 26.3 Å². The van der Waals surface area contributed by atoms with E-state index in [1.165, 1.54) is 7.11 Å². The zero-order valence-electron chi connectivity index (χ0n) is 13.4. The summed E-state index contributed by atoms with van der Waals surface area (Å²) in [5.41, 5.74) is 0.246. The molecule has 0 bridgehead atoms. The maximum absolute atomic E-state index is 11.5. The second-order valence-electron chi connectivity index (χ2n) is 5.60. The molecule has 1 saturated heterocycles. The molecule has 1 atom stereocenters. The van der Waals surface area contributed by atoms with E-state index in [-0.39, 0.29) is 11.7 Å². The molecule has 0 spiro atoms. The van der Waals surface area contributed by atoms with Gasteiger partial charge in [-0.15, -0.1) is 5.10 Å². The summed E-state index contributed by atoms with van der Waals surface area (Å²) in [4.78, 5) is 18.2. The molecule has 2 aromatic heterocycles. The summed E-state index contributed by atoms with van der Waals surface area (Å²) in [6, 6.07) is 0.202. The van der Waals surface area contributed by atoms with Crippen LogP contribution in [0, 0.1) is 0 Å². The molecule has 23 heavy (non-hydrogen) atoms. The number of piperidine rings is 1. The van der Waals surface area contributed by atoms with Gasteiger partial charge in [-0.3, -0.25) is 4.90 Å². The largest absolute Gasteiger partial charge is 0.464 e. The van der Waals surface area contributed by atoms with Crippen molar-refractivity contribution >= 4 is 5.97 Å². The van der Waals surface area contributed by atoms with Gasteiger partial charge in [-0.1, -0.05) is 5.21 Å². The van der Waals surface area contributed by atoms with E-state index in [0.717, 1.165) is 44.8 Å². The monoisotopic (exact) mass is 319 g/mol. The molecule has 3 rings (SSSR count). The normalized spacial score (nSPS) is 19.0. The predicted molar refractivity (Wildman–Crippen MR) is 80.6 cm³/mol. The van der Waals surface area contributed by atoms with Gasteiger partial charge >= 0.3 is 5.97 Å². The number of aromatic nitrogens is 6. The number of aryl methyl sites for hydroxylation is 1. The Kier molecular flexibility index (Phi) is 4.65. The third-order valence-electron chi connectivity index (χ3n) is 4.12. The molecular weight excluding hydrogens is 298 g/mol. The van der Waals surface area contributed by atoms with Crippen molar-refractivity contribution in [3.8, 4) is 0 Å². The number of methoxy groups -OCH3 is 1. The van der Waals surface area contributed by atoms with Gasteiger partial charge in [-0.25, -0.2) is 19.1 Å². The number of hydrogen-bond acceptors (Lipinski definition) is 7. The molecule has 1 unspecified atom stereocenters. The van der Waals surface area contributed by atoms with E-state index >= 15 is 0 Å². The number of hydrogen-bond donors (Lipinski definition) is 0. The fourth-order valence-corrected chi connectivity index (χ4v) is 2.92. The Bertz CT molecular complexity index is 666. The van der Waals surface area contributed by atoms with E-state index in [1.54, 1.807) is 17.2 Å². The van der Waals surface area contributed by atoms with Crippen molar-refractivity contribution in [2.75, 3.05) is 20.2 Å². The number of likely N-dealkylation sites (tertiary alicyclic amines) is 1. The van der Waals surface area contributed by atoms with E-state index in [4.69, 9.17) is 0 Å². The molecule has 0 amide bonds. The summed E-state index contributed by atoms with van der Waals surface area (Å²) in [7, 11) is 1.34. The minimum Gasteiger partial charge on any atom is -0.464 e. The van der Waals surface area contributed by atoms with Gasteiger partial charge in [0.25, 0.3) is 0 Å². The van der Waals surface area contributed by atoms with Crippen LogP contribution in [0.4, 0.5) is 0 Å². The SMILES string of the molecule is CCn1ncnc1CN1CCCC(n2cc(C(=O)OC)nn2)C1. The third-order valence-corrected chi connectivity index (χ3v) is 4.12. The van der Waals surface area contributed by atoms with Crippen LogP contribution in [0.1, 0.15) is 42.1 Å². The first-order valence-electron chi connectivity index (χ1n) is 7.80. The molecule has 0 N–H and O–H groups in total. The van der Waals surface area contributed by atoms with Crippen LogP contribution in [0.25, 0.3) is 0 Å². The molecule has 0 aromatic carbocycles. The molecule has 2 aromatic rings. The first kappa shape index (κ1) is 15.6. The minimum atomic E-state index is -0.458. The van der Waals surface area contributed by atoms with Crippen LogP contribution in [0.5, 0.6) is 0 Å². The Labute approximate surface area is 134 Å². The molecule has 124 valence electrons. The molecule has 1 aliphatic heterocycles. The number of nitrogens with zero attached hydrogens (tertiary/aromatic N) is 7. The first-order valence-corrected chi connectivity index (χ1v) is 7.80. The Hall–Kier alpha value is -2.29. The highest BCUT2D eigenvalue weighted by Crippen LogP contribution is 2.22. The fourth-order valence-electron chi connectivity index (χ4n) is 2.92. The number of esters is 1. The zero-order chi connectivity index (χ0) is 16.2. The maximum atomic E-state index is 11.5. The van der Waals surface area contributed by atoms with Gasteiger partial charge in [0.1, 0.15) is 12.2 Å². The standard InChI is InChI=1S/C14H21N7O2/c1-3-20-13(15-10-16-20)9-19-6-4-5-11(7-19)21-8-12(17-18-21)14(22)23-2/h8,10-11H,3-7,9H2,1-2H3. The van der Waals surface area contributed by atoms with Crippen LogP contribution in [0.3, 0.4) is 0 Å². The van der Waals surface area contributed by atoms with Gasteiger partial charge < -0.3 is 4.74 Å². The molecule has 3 heterocycles. The number of carbonyl (C=O) groups excluding carboxylic acids is 1. The van der Waals surface area contributed by atoms with Crippen molar-refractivity contribution < 1.29 is 9.53 Å². The summed E-state index contributed by atoms with van der Waals surface area (Å²) in [5, 5.41) is 12.2. The van der Waals surface area contributed by atoms with Crippen molar-refractivity contribution in [1.82, 2.24) is 34.7 Å². The van der Waals surface area contributed by atoms with Gasteiger partial charge in [-0.2, -0.15) is 5.10 Å². The Morgan fingerprint density at radius 3 is 3.13 bits per heavy atom. The highest BCUT2D eigenvalue weighted by atomic mass is 16.5. The molecule has 0 saturated carbocycles. The quantitative estimate of drug-likeness (QED) is 0.742. The topological polar surface area (TPSA) is 91.0 Å². The minimum absolute atomic E-state index is 0.202. The third kappa shape index (κ3) is 3.39.